The Morgan fingerprint density at radius 3 is 2.32 bits per heavy atom. The number of piperidine rings is 1. The Kier molecular flexibility index (Phi) is 3.53. The monoisotopic (exact) mass is 258 g/mol. The van der Waals surface area contributed by atoms with Crippen LogP contribution in [0.1, 0.15) is 45.1 Å². The summed E-state index contributed by atoms with van der Waals surface area (Å²) in [5, 5.41) is 3.65. The zero-order chi connectivity index (χ0) is 13.3. The van der Waals surface area contributed by atoms with Crippen LogP contribution < -0.4 is 10.2 Å². The van der Waals surface area contributed by atoms with E-state index in [-0.39, 0.29) is 0 Å². The molecule has 1 unspecified atom stereocenters. The van der Waals surface area contributed by atoms with E-state index in [2.05, 4.69) is 48.3 Å². The second-order valence-corrected chi connectivity index (χ2v) is 6.84. The summed E-state index contributed by atoms with van der Waals surface area (Å²) in [7, 11) is 0. The van der Waals surface area contributed by atoms with Crippen LogP contribution in [0.2, 0.25) is 0 Å². The van der Waals surface area contributed by atoms with Gasteiger partial charge >= 0.3 is 0 Å². The van der Waals surface area contributed by atoms with Crippen molar-refractivity contribution in [2.24, 2.45) is 5.41 Å². The smallest absolute Gasteiger partial charge is 0.0366 e. The first-order valence-electron chi connectivity index (χ1n) is 7.72. The number of nitrogens with zero attached hydrogens (tertiary/aromatic N) is 1. The third kappa shape index (κ3) is 3.11. The maximum Gasteiger partial charge on any atom is 0.0366 e. The van der Waals surface area contributed by atoms with Crippen LogP contribution in [0.15, 0.2) is 24.3 Å². The number of benzene rings is 1. The standard InChI is InChI=1S/C17H26N2/c1-17(2)12-16(17)18-13-14-6-8-15(9-7-14)19-10-4-3-5-11-19/h6-9,16,18H,3-5,10-13H2,1-2H3. The molecular weight excluding hydrogens is 232 g/mol. The molecule has 1 atom stereocenters. The Labute approximate surface area is 117 Å². The van der Waals surface area contributed by atoms with Crippen molar-refractivity contribution in [1.29, 1.82) is 0 Å². The molecule has 1 saturated carbocycles. The highest BCUT2D eigenvalue weighted by Crippen LogP contribution is 2.44. The maximum atomic E-state index is 3.65. The largest absolute Gasteiger partial charge is 0.372 e. The fraction of sp³-hybridized carbons (Fsp3) is 0.647. The summed E-state index contributed by atoms with van der Waals surface area (Å²) in [6, 6.07) is 9.87. The lowest BCUT2D eigenvalue weighted by Gasteiger charge is -2.28. The van der Waals surface area contributed by atoms with E-state index in [1.807, 2.05) is 0 Å². The van der Waals surface area contributed by atoms with Crippen molar-refractivity contribution in [3.63, 3.8) is 0 Å². The minimum atomic E-state index is 0.522. The highest BCUT2D eigenvalue weighted by molar-refractivity contribution is 5.47. The molecule has 1 aromatic rings. The molecule has 1 saturated heterocycles. The topological polar surface area (TPSA) is 15.3 Å². The molecule has 0 amide bonds. The first-order valence-corrected chi connectivity index (χ1v) is 7.72. The van der Waals surface area contributed by atoms with Crippen molar-refractivity contribution in [2.45, 2.75) is 52.1 Å². The van der Waals surface area contributed by atoms with Gasteiger partial charge in [0.15, 0.2) is 0 Å². The van der Waals surface area contributed by atoms with Crippen molar-refractivity contribution in [1.82, 2.24) is 5.32 Å². The van der Waals surface area contributed by atoms with Gasteiger partial charge in [-0.25, -0.2) is 0 Å². The van der Waals surface area contributed by atoms with Gasteiger partial charge in [0.2, 0.25) is 0 Å². The van der Waals surface area contributed by atoms with Crippen molar-refractivity contribution in [3.05, 3.63) is 29.8 Å². The average Bonchev–Trinajstić information content (AvgIpc) is 3.06. The van der Waals surface area contributed by atoms with Gasteiger partial charge in [-0.2, -0.15) is 0 Å². The van der Waals surface area contributed by atoms with E-state index in [0.717, 1.165) is 6.54 Å². The molecule has 0 bridgehead atoms. The molecule has 1 aromatic carbocycles. The Hall–Kier alpha value is -1.02. The van der Waals surface area contributed by atoms with Gasteiger partial charge in [0.1, 0.15) is 0 Å². The van der Waals surface area contributed by atoms with Crippen LogP contribution in [-0.2, 0) is 6.54 Å². The second-order valence-electron chi connectivity index (χ2n) is 6.84. The summed E-state index contributed by atoms with van der Waals surface area (Å²) in [6.07, 6.45) is 5.41. The molecule has 0 radical (unpaired) electrons. The number of nitrogens with one attached hydrogen (secondary N) is 1. The Bertz CT molecular complexity index is 415. The van der Waals surface area contributed by atoms with Gasteiger partial charge in [0.25, 0.3) is 0 Å². The van der Waals surface area contributed by atoms with E-state index in [9.17, 15) is 0 Å². The third-order valence-corrected chi connectivity index (χ3v) is 4.72. The lowest BCUT2D eigenvalue weighted by atomic mass is 10.1. The van der Waals surface area contributed by atoms with Crippen LogP contribution >= 0.6 is 0 Å². The SMILES string of the molecule is CC1(C)CC1NCc1ccc(N2CCCCC2)cc1. The molecule has 104 valence electrons. The second kappa shape index (κ2) is 5.16. The minimum Gasteiger partial charge on any atom is -0.372 e. The zero-order valence-electron chi connectivity index (χ0n) is 12.3. The molecule has 1 aliphatic heterocycles. The van der Waals surface area contributed by atoms with Crippen LogP contribution in [0.4, 0.5) is 5.69 Å². The van der Waals surface area contributed by atoms with Crippen molar-refractivity contribution >= 4 is 5.69 Å². The van der Waals surface area contributed by atoms with E-state index < -0.39 is 0 Å². The van der Waals surface area contributed by atoms with Crippen LogP contribution in [0.25, 0.3) is 0 Å². The summed E-state index contributed by atoms with van der Waals surface area (Å²) in [4.78, 5) is 2.52. The van der Waals surface area contributed by atoms with Crippen molar-refractivity contribution < 1.29 is 0 Å². The normalized spacial score (nSPS) is 25.4. The molecule has 2 fully saturated rings. The van der Waals surface area contributed by atoms with E-state index in [1.165, 1.54) is 50.0 Å². The van der Waals surface area contributed by atoms with E-state index in [4.69, 9.17) is 0 Å². The quantitative estimate of drug-likeness (QED) is 0.888. The highest BCUT2D eigenvalue weighted by atomic mass is 15.1. The summed E-state index contributed by atoms with van der Waals surface area (Å²) in [5.41, 5.74) is 3.33. The summed E-state index contributed by atoms with van der Waals surface area (Å²) in [5.74, 6) is 0. The summed E-state index contributed by atoms with van der Waals surface area (Å²) >= 11 is 0. The molecule has 1 heterocycles. The lowest BCUT2D eigenvalue weighted by molar-refractivity contribution is 0.542. The summed E-state index contributed by atoms with van der Waals surface area (Å²) in [6.45, 7) is 8.14. The van der Waals surface area contributed by atoms with Gasteiger partial charge in [-0.15, -0.1) is 0 Å². The van der Waals surface area contributed by atoms with Gasteiger partial charge in [0.05, 0.1) is 0 Å². The molecule has 0 spiro atoms. The Morgan fingerprint density at radius 2 is 1.74 bits per heavy atom. The van der Waals surface area contributed by atoms with Crippen LogP contribution in [0.3, 0.4) is 0 Å². The number of anilines is 1. The van der Waals surface area contributed by atoms with E-state index in [1.54, 1.807) is 0 Å². The molecule has 1 N–H and O–H groups in total. The van der Waals surface area contributed by atoms with Gasteiger partial charge in [-0.3, -0.25) is 0 Å². The van der Waals surface area contributed by atoms with Crippen molar-refractivity contribution in [3.8, 4) is 0 Å². The molecule has 2 nitrogen and oxygen atoms in total. The first kappa shape index (κ1) is 13.0. The predicted octanol–water partition coefficient (Wildman–Crippen LogP) is 3.57. The molecule has 3 rings (SSSR count). The molecule has 2 aliphatic rings. The van der Waals surface area contributed by atoms with E-state index in [0.29, 0.717) is 11.5 Å². The molecule has 19 heavy (non-hydrogen) atoms. The van der Waals surface area contributed by atoms with Crippen LogP contribution in [-0.4, -0.2) is 19.1 Å². The number of hydrogen-bond donors (Lipinski definition) is 1. The van der Waals surface area contributed by atoms with Gasteiger partial charge in [0, 0.05) is 31.4 Å². The zero-order valence-corrected chi connectivity index (χ0v) is 12.3. The number of rotatable bonds is 4. The highest BCUT2D eigenvalue weighted by Gasteiger charge is 2.44. The first-order chi connectivity index (χ1) is 9.15. The maximum absolute atomic E-state index is 3.65. The molecule has 1 aliphatic carbocycles. The predicted molar refractivity (Wildman–Crippen MR) is 81.5 cm³/mol. The fourth-order valence-electron chi connectivity index (χ4n) is 3.03. The Morgan fingerprint density at radius 1 is 1.11 bits per heavy atom. The lowest BCUT2D eigenvalue weighted by Crippen LogP contribution is -2.29. The average molecular weight is 258 g/mol. The van der Waals surface area contributed by atoms with Gasteiger partial charge in [-0.1, -0.05) is 26.0 Å². The summed E-state index contributed by atoms with van der Waals surface area (Å²) < 4.78 is 0. The van der Waals surface area contributed by atoms with Crippen LogP contribution in [0, 0.1) is 5.41 Å². The Balaban J connectivity index is 1.53. The van der Waals surface area contributed by atoms with Crippen LogP contribution in [0.5, 0.6) is 0 Å². The fourth-order valence-corrected chi connectivity index (χ4v) is 3.03. The minimum absolute atomic E-state index is 0.522. The van der Waals surface area contributed by atoms with E-state index >= 15 is 0 Å². The molecule has 2 heteroatoms. The van der Waals surface area contributed by atoms with Gasteiger partial charge in [-0.05, 0) is 48.8 Å². The molecule has 0 aromatic heterocycles. The number of hydrogen-bond acceptors (Lipinski definition) is 2. The molecular formula is C17H26N2. The third-order valence-electron chi connectivity index (χ3n) is 4.72. The van der Waals surface area contributed by atoms with Crippen molar-refractivity contribution in [2.75, 3.05) is 18.0 Å². The van der Waals surface area contributed by atoms with Gasteiger partial charge < -0.3 is 10.2 Å².